The molecule has 1 atom stereocenters. The van der Waals surface area contributed by atoms with Crippen LogP contribution in [0.2, 0.25) is 0 Å². The van der Waals surface area contributed by atoms with E-state index >= 15 is 0 Å². The number of carbonyl (C=O) groups is 2. The van der Waals surface area contributed by atoms with Crippen LogP contribution in [-0.2, 0) is 33.4 Å². The van der Waals surface area contributed by atoms with Gasteiger partial charge in [-0.1, -0.05) is 0 Å². The van der Waals surface area contributed by atoms with Crippen molar-refractivity contribution < 1.29 is 31.7 Å². The Hall–Kier alpha value is -0.940. The molecule has 27 heavy (non-hydrogen) atoms. The molecule has 9 nitrogen and oxygen atoms in total. The average Bonchev–Trinajstić information content (AvgIpc) is 2.58. The fourth-order valence-corrected chi connectivity index (χ4v) is 3.24. The lowest BCUT2D eigenvalue weighted by molar-refractivity contribution is -0.156. The zero-order valence-corrected chi connectivity index (χ0v) is 17.7. The van der Waals surface area contributed by atoms with Crippen molar-refractivity contribution in [3.05, 3.63) is 0 Å². The molecule has 1 fully saturated rings. The Morgan fingerprint density at radius 3 is 2.63 bits per heavy atom. The number of morpholine rings is 1. The Bertz CT molecular complexity index is 563. The maximum Gasteiger partial charge on any atom is 0.313 e. The highest BCUT2D eigenvalue weighted by atomic mass is 35.5. The van der Waals surface area contributed by atoms with E-state index in [1.54, 1.807) is 13.8 Å². The summed E-state index contributed by atoms with van der Waals surface area (Å²) in [5.74, 6) is -0.971. The van der Waals surface area contributed by atoms with Crippen LogP contribution in [0.3, 0.4) is 0 Å². The normalized spacial score (nSPS) is 17.7. The van der Waals surface area contributed by atoms with Crippen molar-refractivity contribution in [2.24, 2.45) is 5.41 Å². The van der Waals surface area contributed by atoms with Gasteiger partial charge in [0.25, 0.3) is 10.1 Å². The van der Waals surface area contributed by atoms with Gasteiger partial charge in [-0.3, -0.25) is 13.8 Å². The van der Waals surface area contributed by atoms with E-state index in [0.717, 1.165) is 13.1 Å². The molecule has 1 amide bonds. The van der Waals surface area contributed by atoms with E-state index in [1.165, 1.54) is 6.92 Å². The summed E-state index contributed by atoms with van der Waals surface area (Å²) in [6.45, 7) is 6.84. The second kappa shape index (κ2) is 12.5. The van der Waals surface area contributed by atoms with E-state index in [9.17, 15) is 18.0 Å². The maximum absolute atomic E-state index is 12.2. The van der Waals surface area contributed by atoms with Gasteiger partial charge in [0.2, 0.25) is 5.91 Å². The second-order valence-electron chi connectivity index (χ2n) is 6.87. The van der Waals surface area contributed by atoms with Gasteiger partial charge >= 0.3 is 5.97 Å². The zero-order valence-electron chi connectivity index (χ0n) is 16.1. The molecule has 11 heteroatoms. The number of nitrogens with one attached hydrogen (secondary N) is 2. The summed E-state index contributed by atoms with van der Waals surface area (Å²) in [6, 6.07) is 0. The van der Waals surface area contributed by atoms with Gasteiger partial charge in [-0.05, 0) is 20.3 Å². The number of hydrogen-bond acceptors (Lipinski definition) is 8. The van der Waals surface area contributed by atoms with Gasteiger partial charge in [0.05, 0.1) is 37.1 Å². The first-order chi connectivity index (χ1) is 12.1. The molecule has 0 aliphatic carbocycles. The standard InChI is InChI=1S/C16H30N2O7S.ClH/c1-13(19)18-6-4-10-26(21,22)25-12-16(2,3)15(20)24-8-5-14-11-17-7-9-23-14;/h14,17H,4-12H2,1-3H3,(H,18,19);1H. The lowest BCUT2D eigenvalue weighted by Crippen LogP contribution is -2.39. The van der Waals surface area contributed by atoms with Gasteiger partial charge in [-0.15, -0.1) is 12.4 Å². The Kier molecular flexibility index (Phi) is 12.1. The number of carbonyl (C=O) groups excluding carboxylic acids is 2. The van der Waals surface area contributed by atoms with E-state index in [4.69, 9.17) is 13.7 Å². The summed E-state index contributed by atoms with van der Waals surface area (Å²) < 4.78 is 39.4. The number of rotatable bonds is 11. The molecule has 2 N–H and O–H groups in total. The summed E-state index contributed by atoms with van der Waals surface area (Å²) in [5.41, 5.74) is -1.09. The van der Waals surface area contributed by atoms with Crippen LogP contribution in [0, 0.1) is 5.41 Å². The van der Waals surface area contributed by atoms with Crippen LogP contribution >= 0.6 is 12.4 Å². The van der Waals surface area contributed by atoms with E-state index in [-0.39, 0.29) is 56.4 Å². The van der Waals surface area contributed by atoms with E-state index in [2.05, 4.69) is 10.6 Å². The Morgan fingerprint density at radius 2 is 2.04 bits per heavy atom. The molecule has 0 aromatic heterocycles. The predicted molar refractivity (Wildman–Crippen MR) is 102 cm³/mol. The molecule has 0 bridgehead atoms. The van der Waals surface area contributed by atoms with Crippen molar-refractivity contribution in [1.29, 1.82) is 0 Å². The predicted octanol–water partition coefficient (Wildman–Crippen LogP) is 0.229. The maximum atomic E-state index is 12.2. The fraction of sp³-hybridized carbons (Fsp3) is 0.875. The van der Waals surface area contributed by atoms with Crippen molar-refractivity contribution in [2.45, 2.75) is 39.7 Å². The van der Waals surface area contributed by atoms with Gasteiger partial charge in [0.15, 0.2) is 0 Å². The molecular formula is C16H31ClN2O7S. The summed E-state index contributed by atoms with van der Waals surface area (Å²) in [4.78, 5) is 22.9. The first kappa shape index (κ1) is 26.1. The summed E-state index contributed by atoms with van der Waals surface area (Å²) in [7, 11) is -3.77. The largest absolute Gasteiger partial charge is 0.465 e. The number of amides is 1. The van der Waals surface area contributed by atoms with E-state index in [0.29, 0.717) is 13.0 Å². The van der Waals surface area contributed by atoms with Crippen LogP contribution in [0.25, 0.3) is 0 Å². The van der Waals surface area contributed by atoms with Crippen LogP contribution in [0.4, 0.5) is 0 Å². The van der Waals surface area contributed by atoms with Gasteiger partial charge in [0.1, 0.15) is 0 Å². The lowest BCUT2D eigenvalue weighted by atomic mass is 9.95. The molecule has 160 valence electrons. The van der Waals surface area contributed by atoms with Crippen molar-refractivity contribution in [3.8, 4) is 0 Å². The smallest absolute Gasteiger partial charge is 0.313 e. The summed E-state index contributed by atoms with van der Waals surface area (Å²) in [5, 5.41) is 5.70. The first-order valence-corrected chi connectivity index (χ1v) is 10.3. The van der Waals surface area contributed by atoms with Crippen LogP contribution in [-0.4, -0.2) is 71.6 Å². The number of ether oxygens (including phenoxy) is 2. The molecule has 1 aliphatic heterocycles. The number of halogens is 1. The molecule has 0 aromatic carbocycles. The molecule has 0 radical (unpaired) electrons. The molecule has 1 rings (SSSR count). The van der Waals surface area contributed by atoms with Crippen LogP contribution in [0.1, 0.15) is 33.6 Å². The third-order valence-corrected chi connectivity index (χ3v) is 5.04. The van der Waals surface area contributed by atoms with Gasteiger partial charge in [-0.25, -0.2) is 0 Å². The molecule has 0 aromatic rings. The molecule has 1 saturated heterocycles. The Balaban J connectivity index is 0.00000676. The first-order valence-electron chi connectivity index (χ1n) is 8.73. The molecule has 1 heterocycles. The highest BCUT2D eigenvalue weighted by Crippen LogP contribution is 2.19. The minimum atomic E-state index is -3.77. The number of esters is 1. The number of hydrogen-bond donors (Lipinski definition) is 2. The molecular weight excluding hydrogens is 400 g/mol. The Labute approximate surface area is 167 Å². The van der Waals surface area contributed by atoms with Crippen LogP contribution < -0.4 is 10.6 Å². The van der Waals surface area contributed by atoms with Crippen LogP contribution in [0.5, 0.6) is 0 Å². The quantitative estimate of drug-likeness (QED) is 0.271. The van der Waals surface area contributed by atoms with Crippen molar-refractivity contribution in [3.63, 3.8) is 0 Å². The van der Waals surface area contributed by atoms with Crippen LogP contribution in [0.15, 0.2) is 0 Å². The molecule has 1 unspecified atom stereocenters. The highest BCUT2D eigenvalue weighted by Gasteiger charge is 2.32. The Morgan fingerprint density at radius 1 is 1.33 bits per heavy atom. The van der Waals surface area contributed by atoms with Gasteiger partial charge in [0, 0.05) is 33.0 Å². The average molecular weight is 431 g/mol. The lowest BCUT2D eigenvalue weighted by Gasteiger charge is -2.25. The zero-order chi connectivity index (χ0) is 19.6. The third kappa shape index (κ3) is 11.5. The van der Waals surface area contributed by atoms with Crippen molar-refractivity contribution >= 4 is 34.4 Å². The van der Waals surface area contributed by atoms with Gasteiger partial charge < -0.3 is 20.1 Å². The van der Waals surface area contributed by atoms with Crippen molar-refractivity contribution in [2.75, 3.05) is 45.2 Å². The summed E-state index contributed by atoms with van der Waals surface area (Å²) >= 11 is 0. The van der Waals surface area contributed by atoms with Gasteiger partial charge in [-0.2, -0.15) is 8.42 Å². The SMILES string of the molecule is CC(=O)NCCCS(=O)(=O)OCC(C)(C)C(=O)OCCC1CNCCO1.Cl. The van der Waals surface area contributed by atoms with E-state index in [1.807, 2.05) is 0 Å². The molecule has 1 aliphatic rings. The van der Waals surface area contributed by atoms with E-state index < -0.39 is 21.5 Å². The molecule has 0 saturated carbocycles. The van der Waals surface area contributed by atoms with Crippen molar-refractivity contribution in [1.82, 2.24) is 10.6 Å². The second-order valence-corrected chi connectivity index (χ2v) is 8.63. The molecule has 0 spiro atoms. The monoisotopic (exact) mass is 430 g/mol. The fourth-order valence-electron chi connectivity index (χ4n) is 2.15. The minimum absolute atomic E-state index is 0. The highest BCUT2D eigenvalue weighted by molar-refractivity contribution is 7.86. The third-order valence-electron chi connectivity index (χ3n) is 3.77. The topological polar surface area (TPSA) is 120 Å². The summed E-state index contributed by atoms with van der Waals surface area (Å²) in [6.07, 6.45) is 0.833. The minimum Gasteiger partial charge on any atom is -0.465 e.